The Morgan fingerprint density at radius 2 is 2.28 bits per heavy atom. The minimum Gasteiger partial charge on any atom is -0.506 e. The summed E-state index contributed by atoms with van der Waals surface area (Å²) in [5.74, 6) is -0.443. The minimum absolute atomic E-state index is 0.0183. The first-order valence-corrected chi connectivity index (χ1v) is 6.70. The van der Waals surface area contributed by atoms with Crippen molar-refractivity contribution in [3.8, 4) is 5.75 Å². The molecule has 0 spiro atoms. The van der Waals surface area contributed by atoms with Gasteiger partial charge >= 0.3 is 0 Å². The summed E-state index contributed by atoms with van der Waals surface area (Å²) in [6.45, 7) is 3.79. The molecule has 4 nitrogen and oxygen atoms in total. The lowest BCUT2D eigenvalue weighted by Crippen LogP contribution is -2.21. The minimum atomic E-state index is -0.352. The molecule has 100 valence electrons. The van der Waals surface area contributed by atoms with E-state index in [1.807, 2.05) is 13.8 Å². The van der Waals surface area contributed by atoms with Gasteiger partial charge in [-0.1, -0.05) is 34.5 Å². The third-order valence-electron chi connectivity index (χ3n) is 2.37. The number of anilines is 1. The second-order valence-electron chi connectivity index (χ2n) is 3.86. The molecule has 1 aromatic rings. The van der Waals surface area contributed by atoms with E-state index in [-0.39, 0.29) is 35.1 Å². The number of carbonyl (C=O) groups excluding carboxylic acids is 1. The van der Waals surface area contributed by atoms with Crippen LogP contribution in [0.25, 0.3) is 0 Å². The average Bonchev–Trinajstić information content (AvgIpc) is 2.30. The van der Waals surface area contributed by atoms with Crippen molar-refractivity contribution < 1.29 is 14.6 Å². The zero-order chi connectivity index (χ0) is 13.7. The van der Waals surface area contributed by atoms with Crippen LogP contribution in [-0.4, -0.2) is 23.7 Å². The van der Waals surface area contributed by atoms with E-state index in [1.165, 1.54) is 6.07 Å². The van der Waals surface area contributed by atoms with Gasteiger partial charge < -0.3 is 15.2 Å². The Hall–Kier alpha value is -0.780. The van der Waals surface area contributed by atoms with E-state index in [0.29, 0.717) is 4.47 Å². The molecular weight excluding hydrogens is 321 g/mol. The Balaban J connectivity index is 2.65. The average molecular weight is 337 g/mol. The number of phenols is 1. The van der Waals surface area contributed by atoms with Crippen molar-refractivity contribution in [1.82, 2.24) is 0 Å². The molecular formula is C12H15BrClNO3. The van der Waals surface area contributed by atoms with E-state index in [0.717, 1.165) is 6.42 Å². The second-order valence-corrected chi connectivity index (χ2v) is 5.18. The van der Waals surface area contributed by atoms with Crippen molar-refractivity contribution in [1.29, 1.82) is 0 Å². The number of nitrogens with one attached hydrogen (secondary N) is 1. The van der Waals surface area contributed by atoms with Crippen LogP contribution in [-0.2, 0) is 9.53 Å². The molecule has 0 aliphatic carbocycles. The molecule has 0 saturated heterocycles. The first-order chi connectivity index (χ1) is 8.43. The molecule has 2 N–H and O–H groups in total. The highest BCUT2D eigenvalue weighted by Crippen LogP contribution is 2.34. The van der Waals surface area contributed by atoms with E-state index in [9.17, 15) is 9.90 Å². The highest BCUT2D eigenvalue weighted by molar-refractivity contribution is 9.10. The smallest absolute Gasteiger partial charge is 0.250 e. The predicted octanol–water partition coefficient (Wildman–Crippen LogP) is 3.56. The van der Waals surface area contributed by atoms with Gasteiger partial charge in [-0.15, -0.1) is 0 Å². The quantitative estimate of drug-likeness (QED) is 0.808. The van der Waals surface area contributed by atoms with Crippen LogP contribution >= 0.6 is 27.5 Å². The summed E-state index contributed by atoms with van der Waals surface area (Å²) in [6.07, 6.45) is 0.849. The molecule has 1 atom stereocenters. The van der Waals surface area contributed by atoms with Gasteiger partial charge in [-0.3, -0.25) is 4.79 Å². The van der Waals surface area contributed by atoms with Crippen molar-refractivity contribution in [2.75, 3.05) is 11.9 Å². The zero-order valence-corrected chi connectivity index (χ0v) is 12.5. The van der Waals surface area contributed by atoms with Gasteiger partial charge in [0.25, 0.3) is 5.91 Å². The molecule has 0 aliphatic heterocycles. The molecule has 0 bridgehead atoms. The third kappa shape index (κ3) is 4.48. The van der Waals surface area contributed by atoms with Gasteiger partial charge in [-0.25, -0.2) is 0 Å². The van der Waals surface area contributed by atoms with Crippen molar-refractivity contribution in [3.05, 3.63) is 21.6 Å². The maximum atomic E-state index is 11.6. The summed E-state index contributed by atoms with van der Waals surface area (Å²) in [5.41, 5.74) is 0.192. The Kier molecular flexibility index (Phi) is 5.91. The van der Waals surface area contributed by atoms with Crippen LogP contribution in [0.15, 0.2) is 16.6 Å². The monoisotopic (exact) mass is 335 g/mol. The number of halogens is 2. The first kappa shape index (κ1) is 15.3. The molecule has 0 fully saturated rings. The van der Waals surface area contributed by atoms with Gasteiger partial charge in [0.05, 0.1) is 11.1 Å². The predicted molar refractivity (Wildman–Crippen MR) is 75.2 cm³/mol. The van der Waals surface area contributed by atoms with Gasteiger partial charge in [0.15, 0.2) is 0 Å². The van der Waals surface area contributed by atoms with E-state index in [1.54, 1.807) is 6.07 Å². The van der Waals surface area contributed by atoms with E-state index in [4.69, 9.17) is 16.3 Å². The second kappa shape index (κ2) is 6.97. The SMILES string of the molecule is CC[C@@H](C)OCC(=O)Nc1c(O)cc(Br)cc1Cl. The molecule has 0 heterocycles. The number of benzene rings is 1. The normalized spacial score (nSPS) is 12.2. The van der Waals surface area contributed by atoms with Gasteiger partial charge in [0, 0.05) is 4.47 Å². The number of rotatable bonds is 5. The fourth-order valence-corrected chi connectivity index (χ4v) is 2.03. The van der Waals surface area contributed by atoms with E-state index >= 15 is 0 Å². The van der Waals surface area contributed by atoms with Crippen LogP contribution in [0.4, 0.5) is 5.69 Å². The number of hydrogen-bond donors (Lipinski definition) is 2. The van der Waals surface area contributed by atoms with Crippen LogP contribution in [0.2, 0.25) is 5.02 Å². The van der Waals surface area contributed by atoms with E-state index in [2.05, 4.69) is 21.2 Å². The molecule has 1 rings (SSSR count). The number of phenolic OH excluding ortho intramolecular Hbond substituents is 1. The summed E-state index contributed by atoms with van der Waals surface area (Å²) < 4.78 is 5.92. The lowest BCUT2D eigenvalue weighted by atomic mass is 10.3. The lowest BCUT2D eigenvalue weighted by molar-refractivity contribution is -0.122. The Morgan fingerprint density at radius 3 is 2.83 bits per heavy atom. The highest BCUT2D eigenvalue weighted by Gasteiger charge is 2.12. The lowest BCUT2D eigenvalue weighted by Gasteiger charge is -2.12. The Bertz CT molecular complexity index is 416. The summed E-state index contributed by atoms with van der Waals surface area (Å²) in [7, 11) is 0. The number of ether oxygens (including phenoxy) is 1. The maximum absolute atomic E-state index is 11.6. The number of aromatic hydroxyl groups is 1. The molecule has 1 aromatic carbocycles. The number of hydrogen-bond acceptors (Lipinski definition) is 3. The van der Waals surface area contributed by atoms with Crippen LogP contribution in [0, 0.1) is 0 Å². The largest absolute Gasteiger partial charge is 0.506 e. The molecule has 1 amide bonds. The summed E-state index contributed by atoms with van der Waals surface area (Å²) >= 11 is 9.11. The zero-order valence-electron chi connectivity index (χ0n) is 10.2. The fraction of sp³-hybridized carbons (Fsp3) is 0.417. The highest BCUT2D eigenvalue weighted by atomic mass is 79.9. The molecule has 18 heavy (non-hydrogen) atoms. The van der Waals surface area contributed by atoms with Gasteiger partial charge in [0.1, 0.15) is 18.0 Å². The summed E-state index contributed by atoms with van der Waals surface area (Å²) in [5, 5.41) is 12.5. The Morgan fingerprint density at radius 1 is 1.61 bits per heavy atom. The number of amides is 1. The topological polar surface area (TPSA) is 58.6 Å². The summed E-state index contributed by atoms with van der Waals surface area (Å²) in [6, 6.07) is 3.05. The number of carbonyl (C=O) groups is 1. The van der Waals surface area contributed by atoms with Gasteiger partial charge in [-0.05, 0) is 25.5 Å². The van der Waals surface area contributed by atoms with Crippen molar-refractivity contribution >= 4 is 39.1 Å². The van der Waals surface area contributed by atoms with Gasteiger partial charge in [-0.2, -0.15) is 0 Å². The maximum Gasteiger partial charge on any atom is 0.250 e. The van der Waals surface area contributed by atoms with Crippen LogP contribution in [0.3, 0.4) is 0 Å². The molecule has 0 unspecified atom stereocenters. The van der Waals surface area contributed by atoms with Crippen LogP contribution < -0.4 is 5.32 Å². The standard InChI is InChI=1S/C12H15BrClNO3/c1-3-7(2)18-6-11(17)15-12-9(14)4-8(13)5-10(12)16/h4-5,7,16H,3,6H2,1-2H3,(H,15,17)/t7-/m1/s1. The van der Waals surface area contributed by atoms with Crippen molar-refractivity contribution in [2.45, 2.75) is 26.4 Å². The molecule has 6 heteroatoms. The van der Waals surface area contributed by atoms with Crippen molar-refractivity contribution in [2.24, 2.45) is 0 Å². The van der Waals surface area contributed by atoms with Gasteiger partial charge in [0.2, 0.25) is 0 Å². The molecule has 0 saturated carbocycles. The third-order valence-corrected chi connectivity index (χ3v) is 3.13. The fourth-order valence-electron chi connectivity index (χ4n) is 1.20. The van der Waals surface area contributed by atoms with Crippen LogP contribution in [0.1, 0.15) is 20.3 Å². The summed E-state index contributed by atoms with van der Waals surface area (Å²) in [4.78, 5) is 11.6. The van der Waals surface area contributed by atoms with Crippen molar-refractivity contribution in [3.63, 3.8) is 0 Å². The Labute approximate surface area is 119 Å². The van der Waals surface area contributed by atoms with Crippen LogP contribution in [0.5, 0.6) is 5.75 Å². The molecule has 0 aliphatic rings. The molecule has 0 aromatic heterocycles. The molecule has 0 radical (unpaired) electrons. The van der Waals surface area contributed by atoms with E-state index < -0.39 is 0 Å². The first-order valence-electron chi connectivity index (χ1n) is 5.53.